The molecule has 0 radical (unpaired) electrons. The summed E-state index contributed by atoms with van der Waals surface area (Å²) in [6, 6.07) is 22.1. The SMILES string of the molecule is CC/C(=C\c1cccc2ccccc12)C1CCCc2nc(-c3c(C)cc(CC)cc3C)cc(OC)c21. The average molecular weight is 476 g/mol. The maximum Gasteiger partial charge on any atom is 0.126 e. The minimum absolute atomic E-state index is 0.332. The first kappa shape index (κ1) is 24.3. The Bertz CT molecular complexity index is 1400. The molecule has 4 aromatic rings. The van der Waals surface area contributed by atoms with Gasteiger partial charge >= 0.3 is 0 Å². The fraction of sp³-hybridized carbons (Fsp3) is 0.324. The van der Waals surface area contributed by atoms with E-state index in [1.165, 1.54) is 55.4 Å². The Hall–Kier alpha value is -3.39. The second-order valence-corrected chi connectivity index (χ2v) is 10.1. The van der Waals surface area contributed by atoms with Gasteiger partial charge in [0.25, 0.3) is 0 Å². The number of pyridine rings is 1. The molecule has 0 saturated carbocycles. The lowest BCUT2D eigenvalue weighted by Crippen LogP contribution is -2.16. The van der Waals surface area contributed by atoms with Crippen LogP contribution in [0, 0.1) is 13.8 Å². The van der Waals surface area contributed by atoms with E-state index in [0.29, 0.717) is 5.92 Å². The molecule has 36 heavy (non-hydrogen) atoms. The average Bonchev–Trinajstić information content (AvgIpc) is 2.90. The number of hydrogen-bond donors (Lipinski definition) is 0. The van der Waals surface area contributed by atoms with Crippen LogP contribution < -0.4 is 4.74 Å². The lowest BCUT2D eigenvalue weighted by atomic mass is 9.78. The summed E-state index contributed by atoms with van der Waals surface area (Å²) in [6.45, 7) is 8.91. The molecule has 0 spiro atoms. The second kappa shape index (κ2) is 10.3. The molecule has 1 aliphatic carbocycles. The Morgan fingerprint density at radius 3 is 2.47 bits per heavy atom. The van der Waals surface area contributed by atoms with E-state index in [1.54, 1.807) is 0 Å². The molecule has 1 aliphatic rings. The number of fused-ring (bicyclic) bond motifs is 2. The summed E-state index contributed by atoms with van der Waals surface area (Å²) >= 11 is 0. The van der Waals surface area contributed by atoms with Crippen LogP contribution in [0.15, 0.2) is 66.2 Å². The van der Waals surface area contributed by atoms with E-state index in [0.717, 1.165) is 43.5 Å². The van der Waals surface area contributed by atoms with Crippen LogP contribution in [0.5, 0.6) is 5.75 Å². The third kappa shape index (κ3) is 4.46. The van der Waals surface area contributed by atoms with Crippen molar-refractivity contribution >= 4 is 16.8 Å². The molecule has 0 amide bonds. The lowest BCUT2D eigenvalue weighted by molar-refractivity contribution is 0.400. The molecule has 0 saturated heterocycles. The Labute approximate surface area is 216 Å². The summed E-state index contributed by atoms with van der Waals surface area (Å²) in [5, 5.41) is 2.60. The largest absolute Gasteiger partial charge is 0.496 e. The van der Waals surface area contributed by atoms with Crippen LogP contribution in [0.25, 0.3) is 28.1 Å². The Morgan fingerprint density at radius 1 is 1.00 bits per heavy atom. The summed E-state index contributed by atoms with van der Waals surface area (Å²) in [4.78, 5) is 5.29. The van der Waals surface area contributed by atoms with E-state index in [1.807, 2.05) is 7.11 Å². The number of benzene rings is 3. The van der Waals surface area contributed by atoms with Crippen LogP contribution in [0.4, 0.5) is 0 Å². The summed E-state index contributed by atoms with van der Waals surface area (Å²) in [7, 11) is 1.81. The quantitative estimate of drug-likeness (QED) is 0.277. The molecular formula is C34H37NO. The maximum atomic E-state index is 6.08. The van der Waals surface area contributed by atoms with Gasteiger partial charge in [0.15, 0.2) is 0 Å². The van der Waals surface area contributed by atoms with Crippen molar-refractivity contribution in [1.82, 2.24) is 4.98 Å². The van der Waals surface area contributed by atoms with Gasteiger partial charge in [0.2, 0.25) is 0 Å². The van der Waals surface area contributed by atoms with Gasteiger partial charge in [-0.1, -0.05) is 80.1 Å². The van der Waals surface area contributed by atoms with E-state index < -0.39 is 0 Å². The molecule has 1 heterocycles. The highest BCUT2D eigenvalue weighted by Crippen LogP contribution is 2.45. The number of aromatic nitrogens is 1. The Balaban J connectivity index is 1.62. The van der Waals surface area contributed by atoms with Crippen molar-refractivity contribution < 1.29 is 4.74 Å². The predicted octanol–water partition coefficient (Wildman–Crippen LogP) is 9.00. The number of methoxy groups -OCH3 is 1. The van der Waals surface area contributed by atoms with Gasteiger partial charge in [-0.3, -0.25) is 4.98 Å². The number of allylic oxidation sites excluding steroid dienone is 1. The van der Waals surface area contributed by atoms with Crippen molar-refractivity contribution in [3.05, 3.63) is 99.7 Å². The Kier molecular flexibility index (Phi) is 6.96. The molecule has 3 aromatic carbocycles. The van der Waals surface area contributed by atoms with Crippen molar-refractivity contribution in [3.8, 4) is 17.0 Å². The molecule has 2 nitrogen and oxygen atoms in total. The zero-order valence-corrected chi connectivity index (χ0v) is 22.3. The molecule has 0 bridgehead atoms. The molecule has 184 valence electrons. The fourth-order valence-electron chi connectivity index (χ4n) is 6.12. The first-order valence-electron chi connectivity index (χ1n) is 13.4. The van der Waals surface area contributed by atoms with Gasteiger partial charge in [-0.15, -0.1) is 0 Å². The van der Waals surface area contributed by atoms with Crippen LogP contribution >= 0.6 is 0 Å². The van der Waals surface area contributed by atoms with Crippen molar-refractivity contribution in [2.75, 3.05) is 7.11 Å². The first-order valence-corrected chi connectivity index (χ1v) is 13.4. The number of aryl methyl sites for hydroxylation is 4. The van der Waals surface area contributed by atoms with Gasteiger partial charge in [-0.25, -0.2) is 0 Å². The number of ether oxygens (including phenoxy) is 1. The highest BCUT2D eigenvalue weighted by molar-refractivity contribution is 5.91. The summed E-state index contributed by atoms with van der Waals surface area (Å²) in [5.74, 6) is 1.31. The monoisotopic (exact) mass is 475 g/mol. The summed E-state index contributed by atoms with van der Waals surface area (Å²) < 4.78 is 6.08. The number of nitrogens with zero attached hydrogens (tertiary/aromatic N) is 1. The third-order valence-corrected chi connectivity index (χ3v) is 7.85. The molecule has 1 atom stereocenters. The second-order valence-electron chi connectivity index (χ2n) is 10.1. The van der Waals surface area contributed by atoms with Crippen molar-refractivity contribution in [1.29, 1.82) is 0 Å². The molecule has 0 fully saturated rings. The predicted molar refractivity (Wildman–Crippen MR) is 153 cm³/mol. The van der Waals surface area contributed by atoms with Crippen LogP contribution in [-0.2, 0) is 12.8 Å². The first-order chi connectivity index (χ1) is 17.5. The van der Waals surface area contributed by atoms with Crippen LogP contribution in [0.1, 0.15) is 72.5 Å². The molecule has 0 aliphatic heterocycles. The zero-order chi connectivity index (χ0) is 25.2. The molecule has 0 N–H and O–H groups in total. The van der Waals surface area contributed by atoms with Crippen LogP contribution in [0.3, 0.4) is 0 Å². The molecule has 1 unspecified atom stereocenters. The van der Waals surface area contributed by atoms with E-state index >= 15 is 0 Å². The van der Waals surface area contributed by atoms with Gasteiger partial charge in [-0.2, -0.15) is 0 Å². The molecule has 1 aromatic heterocycles. The van der Waals surface area contributed by atoms with E-state index in [9.17, 15) is 0 Å². The minimum Gasteiger partial charge on any atom is -0.496 e. The third-order valence-electron chi connectivity index (χ3n) is 7.85. The summed E-state index contributed by atoms with van der Waals surface area (Å²) in [6.07, 6.45) is 7.77. The van der Waals surface area contributed by atoms with Crippen molar-refractivity contribution in [2.45, 2.75) is 65.7 Å². The number of hydrogen-bond acceptors (Lipinski definition) is 2. The minimum atomic E-state index is 0.332. The Morgan fingerprint density at radius 2 is 1.75 bits per heavy atom. The van der Waals surface area contributed by atoms with Gasteiger partial charge in [-0.05, 0) is 79.0 Å². The van der Waals surface area contributed by atoms with Crippen LogP contribution in [-0.4, -0.2) is 12.1 Å². The van der Waals surface area contributed by atoms with Crippen molar-refractivity contribution in [2.24, 2.45) is 0 Å². The lowest BCUT2D eigenvalue weighted by Gasteiger charge is -2.29. The zero-order valence-electron chi connectivity index (χ0n) is 22.3. The highest BCUT2D eigenvalue weighted by Gasteiger charge is 2.29. The molecule has 2 heteroatoms. The van der Waals surface area contributed by atoms with Gasteiger partial charge in [0.1, 0.15) is 5.75 Å². The maximum absolute atomic E-state index is 6.08. The molecule has 5 rings (SSSR count). The normalized spacial score (nSPS) is 15.7. The van der Waals surface area contributed by atoms with E-state index in [2.05, 4.69) is 94.4 Å². The highest BCUT2D eigenvalue weighted by atomic mass is 16.5. The van der Waals surface area contributed by atoms with Gasteiger partial charge in [0.05, 0.1) is 12.8 Å². The topological polar surface area (TPSA) is 22.1 Å². The van der Waals surface area contributed by atoms with Gasteiger partial charge in [0, 0.05) is 28.8 Å². The molecular weight excluding hydrogens is 438 g/mol. The number of rotatable bonds is 6. The summed E-state index contributed by atoms with van der Waals surface area (Å²) in [5.41, 5.74) is 11.5. The van der Waals surface area contributed by atoms with E-state index in [4.69, 9.17) is 9.72 Å². The van der Waals surface area contributed by atoms with Crippen LogP contribution in [0.2, 0.25) is 0 Å². The van der Waals surface area contributed by atoms with E-state index in [-0.39, 0.29) is 0 Å². The van der Waals surface area contributed by atoms with Crippen molar-refractivity contribution in [3.63, 3.8) is 0 Å². The van der Waals surface area contributed by atoms with Gasteiger partial charge < -0.3 is 4.74 Å². The smallest absolute Gasteiger partial charge is 0.126 e. The standard InChI is InChI=1S/C34H37NO/c1-6-24-18-22(3)33(23(4)19-24)31-21-32(36-5)34-29(16-11-17-30(34)35-31)25(7-2)20-27-14-10-13-26-12-8-9-15-28(26)27/h8-10,12-15,18-21,29H,6-7,11,16-17H2,1-5H3/b25-20+. The fourth-order valence-corrected chi connectivity index (χ4v) is 6.12.